The number of hydrogen-bond acceptors (Lipinski definition) is 3. The lowest BCUT2D eigenvalue weighted by atomic mass is 10.2. The highest BCUT2D eigenvalue weighted by atomic mass is 15.1. The third-order valence-electron chi connectivity index (χ3n) is 2.44. The molecule has 3 heteroatoms. The Labute approximate surface area is 101 Å². The number of rotatable bonds is 3. The van der Waals surface area contributed by atoms with E-state index < -0.39 is 0 Å². The Kier molecular flexibility index (Phi) is 3.50. The maximum atomic E-state index is 4.18. The van der Waals surface area contributed by atoms with Crippen molar-refractivity contribution in [2.45, 2.75) is 0 Å². The average molecular weight is 225 g/mol. The van der Waals surface area contributed by atoms with Crippen molar-refractivity contribution in [1.29, 1.82) is 0 Å². The molecule has 0 radical (unpaired) electrons. The predicted molar refractivity (Wildman–Crippen MR) is 71.7 cm³/mol. The zero-order valence-electron chi connectivity index (χ0n) is 10.0. The number of hydrogen-bond donors (Lipinski definition) is 0. The summed E-state index contributed by atoms with van der Waals surface area (Å²) in [4.78, 5) is 10.3. The monoisotopic (exact) mass is 225 g/mol. The van der Waals surface area contributed by atoms with E-state index in [2.05, 4.69) is 39.1 Å². The van der Waals surface area contributed by atoms with E-state index in [-0.39, 0.29) is 0 Å². The van der Waals surface area contributed by atoms with E-state index in [1.165, 1.54) is 5.69 Å². The smallest absolute Gasteiger partial charge is 0.0813 e. The van der Waals surface area contributed by atoms with Crippen molar-refractivity contribution in [3.8, 4) is 0 Å². The number of aromatic nitrogens is 2. The van der Waals surface area contributed by atoms with Crippen LogP contribution in [0.15, 0.2) is 42.9 Å². The van der Waals surface area contributed by atoms with Gasteiger partial charge in [-0.25, -0.2) is 0 Å². The molecule has 0 aliphatic carbocycles. The summed E-state index contributed by atoms with van der Waals surface area (Å²) < 4.78 is 0. The first kappa shape index (κ1) is 11.3. The molecule has 0 aliphatic rings. The zero-order chi connectivity index (χ0) is 12.1. The van der Waals surface area contributed by atoms with Gasteiger partial charge in [0.1, 0.15) is 0 Å². The highest BCUT2D eigenvalue weighted by Gasteiger charge is 1.93. The van der Waals surface area contributed by atoms with Crippen LogP contribution in [0, 0.1) is 0 Å². The lowest BCUT2D eigenvalue weighted by Crippen LogP contribution is -2.07. The van der Waals surface area contributed by atoms with Gasteiger partial charge in [0, 0.05) is 32.2 Å². The maximum absolute atomic E-state index is 4.18. The molecule has 0 saturated carbocycles. The van der Waals surface area contributed by atoms with Crippen LogP contribution >= 0.6 is 0 Å². The second-order valence-corrected chi connectivity index (χ2v) is 3.95. The molecule has 1 aromatic carbocycles. The maximum Gasteiger partial charge on any atom is 0.0813 e. The second kappa shape index (κ2) is 5.25. The van der Waals surface area contributed by atoms with Gasteiger partial charge in [-0.05, 0) is 23.8 Å². The third-order valence-corrected chi connectivity index (χ3v) is 2.44. The summed E-state index contributed by atoms with van der Waals surface area (Å²) in [6, 6.07) is 8.36. The van der Waals surface area contributed by atoms with Crippen LogP contribution in [0.1, 0.15) is 11.3 Å². The van der Waals surface area contributed by atoms with Gasteiger partial charge in [0.15, 0.2) is 0 Å². The first-order valence-electron chi connectivity index (χ1n) is 5.47. The van der Waals surface area contributed by atoms with Crippen LogP contribution in [-0.4, -0.2) is 24.1 Å². The highest BCUT2D eigenvalue weighted by Crippen LogP contribution is 2.13. The zero-order valence-corrected chi connectivity index (χ0v) is 10.0. The van der Waals surface area contributed by atoms with Gasteiger partial charge in [0.25, 0.3) is 0 Å². The standard InChI is InChI=1S/C14H15N3/c1-17(2)14-7-4-12(5-8-14)3-6-13-11-15-9-10-16-13/h3-11H,1-2H3/b6-3+. The summed E-state index contributed by atoms with van der Waals surface area (Å²) in [5.74, 6) is 0. The molecule has 0 spiro atoms. The van der Waals surface area contributed by atoms with Crippen molar-refractivity contribution >= 4 is 17.8 Å². The van der Waals surface area contributed by atoms with E-state index in [4.69, 9.17) is 0 Å². The summed E-state index contributed by atoms with van der Waals surface area (Å²) in [5.41, 5.74) is 3.21. The summed E-state index contributed by atoms with van der Waals surface area (Å²) in [6.07, 6.45) is 9.09. The van der Waals surface area contributed by atoms with Crippen molar-refractivity contribution in [3.05, 3.63) is 54.1 Å². The van der Waals surface area contributed by atoms with Crippen molar-refractivity contribution < 1.29 is 0 Å². The van der Waals surface area contributed by atoms with Gasteiger partial charge in [-0.1, -0.05) is 18.2 Å². The Hall–Kier alpha value is -2.16. The summed E-state index contributed by atoms with van der Waals surface area (Å²) in [6.45, 7) is 0. The molecule has 0 amide bonds. The number of anilines is 1. The molecular formula is C14H15N3. The van der Waals surface area contributed by atoms with E-state index in [0.717, 1.165) is 11.3 Å². The topological polar surface area (TPSA) is 29.0 Å². The minimum Gasteiger partial charge on any atom is -0.378 e. The molecule has 1 heterocycles. The Morgan fingerprint density at radius 1 is 1.00 bits per heavy atom. The van der Waals surface area contributed by atoms with Gasteiger partial charge in [0.2, 0.25) is 0 Å². The molecule has 0 atom stereocenters. The van der Waals surface area contributed by atoms with Crippen LogP contribution in [0.4, 0.5) is 5.69 Å². The Morgan fingerprint density at radius 3 is 2.35 bits per heavy atom. The molecule has 3 nitrogen and oxygen atoms in total. The first-order valence-corrected chi connectivity index (χ1v) is 5.47. The first-order chi connectivity index (χ1) is 8.25. The van der Waals surface area contributed by atoms with Gasteiger partial charge in [-0.3, -0.25) is 9.97 Å². The van der Waals surface area contributed by atoms with Crippen molar-refractivity contribution in [2.75, 3.05) is 19.0 Å². The van der Waals surface area contributed by atoms with Gasteiger partial charge < -0.3 is 4.90 Å². The van der Waals surface area contributed by atoms with Gasteiger partial charge in [0.05, 0.1) is 11.9 Å². The quantitative estimate of drug-likeness (QED) is 0.804. The van der Waals surface area contributed by atoms with Crippen LogP contribution < -0.4 is 4.90 Å². The van der Waals surface area contributed by atoms with Crippen molar-refractivity contribution in [2.24, 2.45) is 0 Å². The fourth-order valence-electron chi connectivity index (χ4n) is 1.46. The highest BCUT2D eigenvalue weighted by molar-refractivity contribution is 5.68. The molecule has 0 fully saturated rings. The predicted octanol–water partition coefficient (Wildman–Crippen LogP) is 2.71. The molecule has 2 rings (SSSR count). The molecule has 0 unspecified atom stereocenters. The fraction of sp³-hybridized carbons (Fsp3) is 0.143. The molecule has 86 valence electrons. The minimum absolute atomic E-state index is 0.865. The SMILES string of the molecule is CN(C)c1ccc(/C=C/c2cnccn2)cc1. The van der Waals surface area contributed by atoms with Gasteiger partial charge in [-0.15, -0.1) is 0 Å². The summed E-state index contributed by atoms with van der Waals surface area (Å²) >= 11 is 0. The summed E-state index contributed by atoms with van der Waals surface area (Å²) in [7, 11) is 4.06. The second-order valence-electron chi connectivity index (χ2n) is 3.95. The van der Waals surface area contributed by atoms with Crippen LogP contribution in [0.5, 0.6) is 0 Å². The van der Waals surface area contributed by atoms with E-state index in [9.17, 15) is 0 Å². The van der Waals surface area contributed by atoms with Crippen LogP contribution in [-0.2, 0) is 0 Å². The van der Waals surface area contributed by atoms with Crippen LogP contribution in [0.25, 0.3) is 12.2 Å². The normalized spacial score (nSPS) is 10.7. The van der Waals surface area contributed by atoms with E-state index in [1.54, 1.807) is 18.6 Å². The number of nitrogens with zero attached hydrogens (tertiary/aromatic N) is 3. The average Bonchev–Trinajstić information content (AvgIpc) is 2.38. The van der Waals surface area contributed by atoms with Gasteiger partial charge >= 0.3 is 0 Å². The van der Waals surface area contributed by atoms with Crippen molar-refractivity contribution in [1.82, 2.24) is 9.97 Å². The fourth-order valence-corrected chi connectivity index (χ4v) is 1.46. The van der Waals surface area contributed by atoms with E-state index in [0.29, 0.717) is 0 Å². The lowest BCUT2D eigenvalue weighted by Gasteiger charge is -2.11. The minimum atomic E-state index is 0.865. The lowest BCUT2D eigenvalue weighted by molar-refractivity contribution is 1.13. The third kappa shape index (κ3) is 3.14. The van der Waals surface area contributed by atoms with Crippen LogP contribution in [0.3, 0.4) is 0 Å². The van der Waals surface area contributed by atoms with E-state index >= 15 is 0 Å². The van der Waals surface area contributed by atoms with Crippen LogP contribution in [0.2, 0.25) is 0 Å². The summed E-state index contributed by atoms with van der Waals surface area (Å²) in [5, 5.41) is 0. The largest absolute Gasteiger partial charge is 0.378 e. The molecular weight excluding hydrogens is 210 g/mol. The molecule has 0 saturated heterocycles. The molecule has 0 bridgehead atoms. The number of benzene rings is 1. The Morgan fingerprint density at radius 2 is 1.76 bits per heavy atom. The molecule has 1 aromatic heterocycles. The Bertz CT molecular complexity index is 487. The molecule has 0 N–H and O–H groups in total. The van der Waals surface area contributed by atoms with Gasteiger partial charge in [-0.2, -0.15) is 0 Å². The molecule has 2 aromatic rings. The van der Waals surface area contributed by atoms with E-state index in [1.807, 2.05) is 26.2 Å². The van der Waals surface area contributed by atoms with Crippen molar-refractivity contribution in [3.63, 3.8) is 0 Å². The molecule has 0 aliphatic heterocycles. The molecule has 17 heavy (non-hydrogen) atoms. The Balaban J connectivity index is 2.12.